The van der Waals surface area contributed by atoms with Crippen LogP contribution in [-0.4, -0.2) is 36.3 Å². The number of carbonyl (C=O) groups is 2. The minimum Gasteiger partial charge on any atom is -0.462 e. The minimum absolute atomic E-state index is 0.0125. The van der Waals surface area contributed by atoms with Crippen molar-refractivity contribution >= 4 is 11.8 Å². The summed E-state index contributed by atoms with van der Waals surface area (Å²) < 4.78 is 4.97. The van der Waals surface area contributed by atoms with E-state index in [9.17, 15) is 9.59 Å². The van der Waals surface area contributed by atoms with Crippen LogP contribution in [-0.2, 0) is 11.3 Å². The van der Waals surface area contributed by atoms with E-state index in [1.807, 2.05) is 24.3 Å². The van der Waals surface area contributed by atoms with Crippen LogP contribution in [0.5, 0.6) is 0 Å². The van der Waals surface area contributed by atoms with Crippen LogP contribution in [0.25, 0.3) is 0 Å². The number of likely N-dealkylation sites (tertiary alicyclic amines) is 1. The maximum Gasteiger partial charge on any atom is 0.338 e. The number of ether oxygens (including phenoxy) is 1. The van der Waals surface area contributed by atoms with Gasteiger partial charge < -0.3 is 4.74 Å². The Kier molecular flexibility index (Phi) is 5.06. The monoisotopic (exact) mass is 323 g/mol. The third-order valence-corrected chi connectivity index (χ3v) is 4.26. The van der Waals surface area contributed by atoms with Gasteiger partial charge in [0.05, 0.1) is 12.2 Å². The van der Waals surface area contributed by atoms with Gasteiger partial charge in [0.2, 0.25) is 0 Å². The van der Waals surface area contributed by atoms with Crippen molar-refractivity contribution in [3.8, 4) is 0 Å². The van der Waals surface area contributed by atoms with Crippen LogP contribution >= 0.6 is 0 Å². The zero-order valence-electron chi connectivity index (χ0n) is 13.8. The zero-order valence-corrected chi connectivity index (χ0v) is 13.8. The van der Waals surface area contributed by atoms with Crippen molar-refractivity contribution in [1.82, 2.24) is 4.90 Å². The van der Waals surface area contributed by atoms with Crippen LogP contribution in [0.2, 0.25) is 0 Å². The summed E-state index contributed by atoms with van der Waals surface area (Å²) in [5.74, 6) is -0.379. The normalized spacial score (nSPS) is 14.0. The average Bonchev–Trinajstić information content (AvgIpc) is 2.58. The van der Waals surface area contributed by atoms with Gasteiger partial charge >= 0.3 is 5.97 Å². The van der Waals surface area contributed by atoms with Crippen LogP contribution in [0.1, 0.15) is 45.2 Å². The SMILES string of the molecule is CCOC(=O)c1ccc(C(=O)c2ccccc2CN2CCC2)cc1. The van der Waals surface area contributed by atoms with E-state index in [4.69, 9.17) is 4.74 Å². The molecule has 3 rings (SSSR count). The molecule has 0 atom stereocenters. The molecule has 1 fully saturated rings. The maximum atomic E-state index is 12.8. The first-order chi connectivity index (χ1) is 11.7. The Morgan fingerprint density at radius 1 is 1.00 bits per heavy atom. The summed E-state index contributed by atoms with van der Waals surface area (Å²) >= 11 is 0. The van der Waals surface area contributed by atoms with Gasteiger partial charge in [0.25, 0.3) is 0 Å². The number of nitrogens with zero attached hydrogens (tertiary/aromatic N) is 1. The Morgan fingerprint density at radius 2 is 1.67 bits per heavy atom. The first-order valence-corrected chi connectivity index (χ1v) is 8.31. The highest BCUT2D eigenvalue weighted by atomic mass is 16.5. The van der Waals surface area contributed by atoms with E-state index in [0.717, 1.165) is 30.8 Å². The number of hydrogen-bond donors (Lipinski definition) is 0. The van der Waals surface area contributed by atoms with Crippen molar-refractivity contribution in [2.24, 2.45) is 0 Å². The van der Waals surface area contributed by atoms with E-state index in [0.29, 0.717) is 17.7 Å². The lowest BCUT2D eigenvalue weighted by Crippen LogP contribution is -2.36. The van der Waals surface area contributed by atoms with Gasteiger partial charge in [0, 0.05) is 17.7 Å². The van der Waals surface area contributed by atoms with Crippen LogP contribution in [0.4, 0.5) is 0 Å². The topological polar surface area (TPSA) is 46.6 Å². The molecule has 1 aliphatic rings. The molecule has 1 aliphatic heterocycles. The maximum absolute atomic E-state index is 12.8. The summed E-state index contributed by atoms with van der Waals surface area (Å²) in [5, 5.41) is 0. The third kappa shape index (κ3) is 3.54. The summed E-state index contributed by atoms with van der Waals surface area (Å²) in [6, 6.07) is 14.4. The fourth-order valence-corrected chi connectivity index (χ4v) is 2.79. The molecule has 0 radical (unpaired) electrons. The smallest absolute Gasteiger partial charge is 0.338 e. The number of ketones is 1. The van der Waals surface area contributed by atoms with E-state index in [-0.39, 0.29) is 11.8 Å². The van der Waals surface area contributed by atoms with Gasteiger partial charge in [-0.1, -0.05) is 36.4 Å². The molecule has 0 bridgehead atoms. The lowest BCUT2D eigenvalue weighted by molar-refractivity contribution is 0.0526. The summed E-state index contributed by atoms with van der Waals surface area (Å²) in [6.07, 6.45) is 1.23. The molecule has 124 valence electrons. The van der Waals surface area contributed by atoms with Gasteiger partial charge in [-0.15, -0.1) is 0 Å². The molecule has 2 aromatic carbocycles. The second kappa shape index (κ2) is 7.41. The molecular weight excluding hydrogens is 302 g/mol. The molecule has 24 heavy (non-hydrogen) atoms. The molecule has 0 spiro atoms. The Labute approximate surface area is 142 Å². The van der Waals surface area contributed by atoms with Crippen LogP contribution < -0.4 is 0 Å². The Balaban J connectivity index is 1.80. The molecule has 1 heterocycles. The van der Waals surface area contributed by atoms with E-state index < -0.39 is 0 Å². The first kappa shape index (κ1) is 16.4. The zero-order chi connectivity index (χ0) is 16.9. The molecule has 0 N–H and O–H groups in total. The quantitative estimate of drug-likeness (QED) is 0.604. The van der Waals surface area contributed by atoms with Crippen molar-refractivity contribution in [1.29, 1.82) is 0 Å². The fraction of sp³-hybridized carbons (Fsp3) is 0.300. The number of carbonyl (C=O) groups excluding carboxylic acids is 2. The van der Waals surface area contributed by atoms with Crippen LogP contribution in [0.3, 0.4) is 0 Å². The molecule has 2 aromatic rings. The molecule has 0 amide bonds. The van der Waals surface area contributed by atoms with E-state index in [1.165, 1.54) is 6.42 Å². The largest absolute Gasteiger partial charge is 0.462 e. The van der Waals surface area contributed by atoms with Crippen LogP contribution in [0, 0.1) is 0 Å². The molecule has 0 saturated carbocycles. The Bertz CT molecular complexity index is 733. The lowest BCUT2D eigenvalue weighted by Gasteiger charge is -2.31. The highest BCUT2D eigenvalue weighted by molar-refractivity contribution is 6.10. The molecule has 0 aromatic heterocycles. The van der Waals surface area contributed by atoms with Crippen LogP contribution in [0.15, 0.2) is 48.5 Å². The highest BCUT2D eigenvalue weighted by Gasteiger charge is 2.19. The van der Waals surface area contributed by atoms with Gasteiger partial charge in [-0.25, -0.2) is 4.79 Å². The number of esters is 1. The van der Waals surface area contributed by atoms with Gasteiger partial charge in [-0.3, -0.25) is 9.69 Å². The Hall–Kier alpha value is -2.46. The molecule has 0 unspecified atom stereocenters. The van der Waals surface area contributed by atoms with Gasteiger partial charge in [-0.2, -0.15) is 0 Å². The van der Waals surface area contributed by atoms with Gasteiger partial charge in [0.1, 0.15) is 0 Å². The molecule has 0 aliphatic carbocycles. The Morgan fingerprint density at radius 3 is 2.29 bits per heavy atom. The second-order valence-corrected chi connectivity index (χ2v) is 5.91. The summed E-state index contributed by atoms with van der Waals surface area (Å²) in [4.78, 5) is 26.9. The molecule has 4 nitrogen and oxygen atoms in total. The molecule has 1 saturated heterocycles. The average molecular weight is 323 g/mol. The number of hydrogen-bond acceptors (Lipinski definition) is 4. The summed E-state index contributed by atoms with van der Waals surface area (Å²) in [6.45, 7) is 5.10. The summed E-state index contributed by atoms with van der Waals surface area (Å²) in [5.41, 5.74) is 2.83. The first-order valence-electron chi connectivity index (χ1n) is 8.31. The fourth-order valence-electron chi connectivity index (χ4n) is 2.79. The van der Waals surface area contributed by atoms with E-state index in [1.54, 1.807) is 31.2 Å². The van der Waals surface area contributed by atoms with Gasteiger partial charge in [0.15, 0.2) is 5.78 Å². The van der Waals surface area contributed by atoms with Gasteiger partial charge in [-0.05, 0) is 44.1 Å². The van der Waals surface area contributed by atoms with Crippen molar-refractivity contribution in [2.75, 3.05) is 19.7 Å². The predicted octanol–water partition coefficient (Wildman–Crippen LogP) is 3.30. The van der Waals surface area contributed by atoms with Crippen molar-refractivity contribution < 1.29 is 14.3 Å². The minimum atomic E-state index is -0.366. The van der Waals surface area contributed by atoms with Crippen molar-refractivity contribution in [3.63, 3.8) is 0 Å². The van der Waals surface area contributed by atoms with E-state index in [2.05, 4.69) is 4.90 Å². The van der Waals surface area contributed by atoms with Crippen molar-refractivity contribution in [2.45, 2.75) is 19.9 Å². The highest BCUT2D eigenvalue weighted by Crippen LogP contribution is 2.19. The van der Waals surface area contributed by atoms with E-state index >= 15 is 0 Å². The molecule has 4 heteroatoms. The second-order valence-electron chi connectivity index (χ2n) is 5.91. The predicted molar refractivity (Wildman–Crippen MR) is 92.2 cm³/mol. The number of benzene rings is 2. The number of rotatable bonds is 6. The molecular formula is C20H21NO3. The van der Waals surface area contributed by atoms with Crippen molar-refractivity contribution in [3.05, 3.63) is 70.8 Å². The standard InChI is InChI=1S/C20H21NO3/c1-2-24-20(23)16-10-8-15(9-11-16)19(22)18-7-4-3-6-17(18)14-21-12-5-13-21/h3-4,6-11H,2,5,12-14H2,1H3. The summed E-state index contributed by atoms with van der Waals surface area (Å²) in [7, 11) is 0. The third-order valence-electron chi connectivity index (χ3n) is 4.26. The lowest BCUT2D eigenvalue weighted by atomic mass is 9.97.